The molecule has 0 aromatic heterocycles. The molecule has 1 aliphatic heterocycles. The van der Waals surface area contributed by atoms with E-state index in [-0.39, 0.29) is 0 Å². The molecule has 2 nitrogen and oxygen atoms in total. The van der Waals surface area contributed by atoms with Crippen LogP contribution in [0.4, 0.5) is 0 Å². The van der Waals surface area contributed by atoms with Crippen LogP contribution in [-0.2, 0) is 11.2 Å². The SMILES string of the molecule is CNCC1(Cc2ccccc2C)CCOCC1. The summed E-state index contributed by atoms with van der Waals surface area (Å²) in [4.78, 5) is 0. The van der Waals surface area contributed by atoms with E-state index in [1.54, 1.807) is 0 Å². The second-order valence-corrected chi connectivity index (χ2v) is 5.25. The van der Waals surface area contributed by atoms with Gasteiger partial charge in [-0.25, -0.2) is 0 Å². The Bertz CT molecular complexity index is 350. The van der Waals surface area contributed by atoms with Gasteiger partial charge in [0.2, 0.25) is 0 Å². The molecule has 1 aliphatic rings. The van der Waals surface area contributed by atoms with Crippen molar-refractivity contribution in [3.05, 3.63) is 35.4 Å². The van der Waals surface area contributed by atoms with E-state index in [0.717, 1.165) is 19.8 Å². The fraction of sp³-hybridized carbons (Fsp3) is 0.600. The maximum absolute atomic E-state index is 5.51. The van der Waals surface area contributed by atoms with Crippen molar-refractivity contribution in [3.8, 4) is 0 Å². The van der Waals surface area contributed by atoms with E-state index in [2.05, 4.69) is 43.6 Å². The number of hydrogen-bond donors (Lipinski definition) is 1. The molecule has 1 heterocycles. The van der Waals surface area contributed by atoms with Gasteiger partial charge in [-0.1, -0.05) is 24.3 Å². The number of rotatable bonds is 4. The van der Waals surface area contributed by atoms with Crippen molar-refractivity contribution in [2.24, 2.45) is 5.41 Å². The van der Waals surface area contributed by atoms with Gasteiger partial charge in [-0.3, -0.25) is 0 Å². The first-order valence-electron chi connectivity index (χ1n) is 6.53. The minimum absolute atomic E-state index is 0.388. The summed E-state index contributed by atoms with van der Waals surface area (Å²) >= 11 is 0. The second-order valence-electron chi connectivity index (χ2n) is 5.25. The molecule has 1 saturated heterocycles. The molecular weight excluding hydrogens is 210 g/mol. The van der Waals surface area contributed by atoms with Crippen LogP contribution in [0.1, 0.15) is 24.0 Å². The Hall–Kier alpha value is -0.860. The molecule has 2 heteroatoms. The van der Waals surface area contributed by atoms with Gasteiger partial charge < -0.3 is 10.1 Å². The van der Waals surface area contributed by atoms with Crippen LogP contribution < -0.4 is 5.32 Å². The molecule has 1 aromatic rings. The Morgan fingerprint density at radius 3 is 2.59 bits per heavy atom. The molecule has 17 heavy (non-hydrogen) atoms. The molecule has 94 valence electrons. The van der Waals surface area contributed by atoms with Crippen LogP contribution in [0.25, 0.3) is 0 Å². The van der Waals surface area contributed by atoms with Crippen molar-refractivity contribution < 1.29 is 4.74 Å². The third-order valence-corrected chi connectivity index (χ3v) is 3.93. The van der Waals surface area contributed by atoms with Gasteiger partial charge in [0.15, 0.2) is 0 Å². The van der Waals surface area contributed by atoms with Gasteiger partial charge in [0, 0.05) is 19.8 Å². The average Bonchev–Trinajstić information content (AvgIpc) is 2.34. The summed E-state index contributed by atoms with van der Waals surface area (Å²) in [5, 5.41) is 3.36. The number of hydrogen-bond acceptors (Lipinski definition) is 2. The minimum Gasteiger partial charge on any atom is -0.381 e. The summed E-state index contributed by atoms with van der Waals surface area (Å²) in [6, 6.07) is 8.74. The van der Waals surface area contributed by atoms with Gasteiger partial charge in [-0.15, -0.1) is 0 Å². The summed E-state index contributed by atoms with van der Waals surface area (Å²) in [6.07, 6.45) is 3.51. The Balaban J connectivity index is 2.14. The Morgan fingerprint density at radius 1 is 1.24 bits per heavy atom. The van der Waals surface area contributed by atoms with Crippen LogP contribution in [0.3, 0.4) is 0 Å². The van der Waals surface area contributed by atoms with E-state index in [9.17, 15) is 0 Å². The van der Waals surface area contributed by atoms with E-state index in [0.29, 0.717) is 5.41 Å². The summed E-state index contributed by atoms with van der Waals surface area (Å²) in [6.45, 7) is 5.12. The Kier molecular flexibility index (Phi) is 4.19. The highest BCUT2D eigenvalue weighted by Crippen LogP contribution is 2.34. The molecule has 0 radical (unpaired) electrons. The first-order chi connectivity index (χ1) is 8.26. The molecule has 0 amide bonds. The van der Waals surface area contributed by atoms with Crippen molar-refractivity contribution in [3.63, 3.8) is 0 Å². The van der Waals surface area contributed by atoms with Crippen LogP contribution in [0.15, 0.2) is 24.3 Å². The Labute approximate surface area is 104 Å². The maximum atomic E-state index is 5.51. The Morgan fingerprint density at radius 2 is 1.94 bits per heavy atom. The number of nitrogens with one attached hydrogen (secondary N) is 1. The third-order valence-electron chi connectivity index (χ3n) is 3.93. The molecule has 1 aromatic carbocycles. The van der Waals surface area contributed by atoms with Crippen LogP contribution >= 0.6 is 0 Å². The first kappa shape index (κ1) is 12.6. The highest BCUT2D eigenvalue weighted by Gasteiger charge is 2.32. The zero-order valence-electron chi connectivity index (χ0n) is 11.0. The fourth-order valence-corrected chi connectivity index (χ4v) is 2.81. The van der Waals surface area contributed by atoms with Crippen molar-refractivity contribution in [2.75, 3.05) is 26.8 Å². The summed E-state index contributed by atoms with van der Waals surface area (Å²) < 4.78 is 5.51. The highest BCUT2D eigenvalue weighted by molar-refractivity contribution is 5.27. The van der Waals surface area contributed by atoms with Crippen LogP contribution in [-0.4, -0.2) is 26.8 Å². The molecule has 0 saturated carbocycles. The monoisotopic (exact) mass is 233 g/mol. The van der Waals surface area contributed by atoms with E-state index >= 15 is 0 Å². The van der Waals surface area contributed by atoms with Gasteiger partial charge in [0.1, 0.15) is 0 Å². The summed E-state index contributed by atoms with van der Waals surface area (Å²) in [5.41, 5.74) is 3.29. The molecule has 1 N–H and O–H groups in total. The quantitative estimate of drug-likeness (QED) is 0.863. The van der Waals surface area contributed by atoms with E-state index < -0.39 is 0 Å². The van der Waals surface area contributed by atoms with Crippen molar-refractivity contribution in [2.45, 2.75) is 26.2 Å². The lowest BCUT2D eigenvalue weighted by molar-refractivity contribution is 0.0157. The second kappa shape index (κ2) is 5.65. The van der Waals surface area contributed by atoms with Gasteiger partial charge in [-0.2, -0.15) is 0 Å². The standard InChI is InChI=1S/C15H23NO/c1-13-5-3-4-6-14(13)11-15(12-16-2)7-9-17-10-8-15/h3-6,16H,7-12H2,1-2H3. The van der Waals surface area contributed by atoms with Gasteiger partial charge in [-0.05, 0) is 49.8 Å². The van der Waals surface area contributed by atoms with Gasteiger partial charge in [0.05, 0.1) is 0 Å². The van der Waals surface area contributed by atoms with E-state index in [1.807, 2.05) is 0 Å². The maximum Gasteiger partial charge on any atom is 0.0471 e. The summed E-state index contributed by atoms with van der Waals surface area (Å²) in [7, 11) is 2.05. The topological polar surface area (TPSA) is 21.3 Å². The zero-order chi connectivity index (χ0) is 12.1. The van der Waals surface area contributed by atoms with Gasteiger partial charge >= 0.3 is 0 Å². The summed E-state index contributed by atoms with van der Waals surface area (Å²) in [5.74, 6) is 0. The normalized spacial score (nSPS) is 19.2. The van der Waals surface area contributed by atoms with Gasteiger partial charge in [0.25, 0.3) is 0 Å². The van der Waals surface area contributed by atoms with E-state index in [1.165, 1.54) is 30.4 Å². The first-order valence-corrected chi connectivity index (χ1v) is 6.53. The fourth-order valence-electron chi connectivity index (χ4n) is 2.81. The molecule has 0 spiro atoms. The smallest absolute Gasteiger partial charge is 0.0471 e. The van der Waals surface area contributed by atoms with Crippen molar-refractivity contribution in [1.29, 1.82) is 0 Å². The lowest BCUT2D eigenvalue weighted by atomic mass is 9.74. The zero-order valence-corrected chi connectivity index (χ0v) is 11.0. The largest absolute Gasteiger partial charge is 0.381 e. The number of ether oxygens (including phenoxy) is 1. The molecule has 0 atom stereocenters. The molecule has 0 aliphatic carbocycles. The highest BCUT2D eigenvalue weighted by atomic mass is 16.5. The van der Waals surface area contributed by atoms with Crippen LogP contribution in [0.5, 0.6) is 0 Å². The molecule has 1 fully saturated rings. The molecule has 2 rings (SSSR count). The minimum atomic E-state index is 0.388. The predicted molar refractivity (Wildman–Crippen MR) is 71.3 cm³/mol. The average molecular weight is 233 g/mol. The van der Waals surface area contributed by atoms with Crippen LogP contribution in [0, 0.1) is 12.3 Å². The lowest BCUT2D eigenvalue weighted by Gasteiger charge is -2.37. The molecule has 0 unspecified atom stereocenters. The van der Waals surface area contributed by atoms with Crippen molar-refractivity contribution in [1.82, 2.24) is 5.32 Å². The number of aryl methyl sites for hydroxylation is 1. The lowest BCUT2D eigenvalue weighted by Crippen LogP contribution is -2.39. The molecular formula is C15H23NO. The van der Waals surface area contributed by atoms with E-state index in [4.69, 9.17) is 4.74 Å². The third kappa shape index (κ3) is 3.08. The molecule has 0 bridgehead atoms. The predicted octanol–water partition coefficient (Wildman–Crippen LogP) is 2.55. The van der Waals surface area contributed by atoms with Crippen molar-refractivity contribution >= 4 is 0 Å². The number of benzene rings is 1. The van der Waals surface area contributed by atoms with Crippen LogP contribution in [0.2, 0.25) is 0 Å².